The number of piperidine rings is 1. The van der Waals surface area contributed by atoms with Crippen molar-refractivity contribution in [1.82, 2.24) is 9.88 Å². The zero-order valence-electron chi connectivity index (χ0n) is 15.1. The van der Waals surface area contributed by atoms with Crippen LogP contribution < -0.4 is 4.90 Å². The van der Waals surface area contributed by atoms with Crippen LogP contribution in [0.1, 0.15) is 33.6 Å². The number of para-hydroxylation sites is 1. The summed E-state index contributed by atoms with van der Waals surface area (Å²) in [6.45, 7) is 7.92. The Bertz CT molecular complexity index is 722. The zero-order chi connectivity index (χ0) is 17.3. The highest BCUT2D eigenvalue weighted by Crippen LogP contribution is 2.29. The number of rotatable bonds is 2. The molecule has 1 fully saturated rings. The quantitative estimate of drug-likeness (QED) is 0.844. The molecule has 0 bridgehead atoms. The predicted octanol–water partition coefficient (Wildman–Crippen LogP) is 3.71. The SMILES string of the molecule is CN(C(=O)C(C)(C)C)C1CCN(c2ccnc3ccccc23)CC1. The molecule has 0 saturated carbocycles. The van der Waals surface area contributed by atoms with Gasteiger partial charge in [-0.05, 0) is 25.0 Å². The molecule has 1 amide bonds. The van der Waals surface area contributed by atoms with E-state index in [1.54, 1.807) is 0 Å². The van der Waals surface area contributed by atoms with E-state index in [4.69, 9.17) is 0 Å². The van der Waals surface area contributed by atoms with Crippen molar-refractivity contribution in [1.29, 1.82) is 0 Å². The molecule has 0 radical (unpaired) electrons. The van der Waals surface area contributed by atoms with E-state index in [1.807, 2.05) is 45.0 Å². The Balaban J connectivity index is 1.72. The van der Waals surface area contributed by atoms with Crippen molar-refractivity contribution in [2.45, 2.75) is 39.7 Å². The molecule has 24 heavy (non-hydrogen) atoms. The largest absolute Gasteiger partial charge is 0.371 e. The average Bonchev–Trinajstić information content (AvgIpc) is 2.59. The molecule has 2 aromatic rings. The first kappa shape index (κ1) is 16.7. The lowest BCUT2D eigenvalue weighted by molar-refractivity contribution is -0.140. The summed E-state index contributed by atoms with van der Waals surface area (Å²) in [7, 11) is 1.95. The second kappa shape index (κ2) is 6.42. The molecule has 2 heterocycles. The van der Waals surface area contributed by atoms with E-state index in [0.717, 1.165) is 31.4 Å². The van der Waals surface area contributed by atoms with Crippen LogP contribution in [0.4, 0.5) is 5.69 Å². The first-order valence-corrected chi connectivity index (χ1v) is 8.74. The van der Waals surface area contributed by atoms with Gasteiger partial charge >= 0.3 is 0 Å². The number of hydrogen-bond donors (Lipinski definition) is 0. The number of anilines is 1. The molecule has 3 rings (SSSR count). The Morgan fingerprint density at radius 2 is 1.83 bits per heavy atom. The summed E-state index contributed by atoms with van der Waals surface area (Å²) in [5.74, 6) is 0.232. The number of carbonyl (C=O) groups is 1. The molecule has 1 aromatic carbocycles. The van der Waals surface area contributed by atoms with Gasteiger partial charge in [0.2, 0.25) is 5.91 Å². The van der Waals surface area contributed by atoms with Crippen molar-refractivity contribution >= 4 is 22.5 Å². The Kier molecular flexibility index (Phi) is 4.48. The van der Waals surface area contributed by atoms with E-state index in [-0.39, 0.29) is 11.3 Å². The van der Waals surface area contributed by atoms with Crippen LogP contribution in [0.5, 0.6) is 0 Å². The molecular formula is C20H27N3O. The highest BCUT2D eigenvalue weighted by Gasteiger charge is 2.31. The van der Waals surface area contributed by atoms with Crippen molar-refractivity contribution in [2.24, 2.45) is 5.41 Å². The van der Waals surface area contributed by atoms with Gasteiger partial charge in [-0.25, -0.2) is 0 Å². The van der Waals surface area contributed by atoms with Crippen molar-refractivity contribution < 1.29 is 4.79 Å². The first-order valence-electron chi connectivity index (χ1n) is 8.74. The summed E-state index contributed by atoms with van der Waals surface area (Å²) in [5.41, 5.74) is 1.98. The van der Waals surface area contributed by atoms with Crippen LogP contribution in [0.2, 0.25) is 0 Å². The van der Waals surface area contributed by atoms with Gasteiger partial charge in [0, 0.05) is 48.9 Å². The van der Waals surface area contributed by atoms with Crippen molar-refractivity contribution in [2.75, 3.05) is 25.0 Å². The van der Waals surface area contributed by atoms with Crippen LogP contribution in [0.25, 0.3) is 10.9 Å². The molecule has 0 spiro atoms. The van der Waals surface area contributed by atoms with E-state index >= 15 is 0 Å². The van der Waals surface area contributed by atoms with Gasteiger partial charge in [-0.15, -0.1) is 0 Å². The minimum atomic E-state index is -0.312. The normalized spacial score (nSPS) is 16.4. The maximum Gasteiger partial charge on any atom is 0.227 e. The van der Waals surface area contributed by atoms with E-state index in [9.17, 15) is 4.79 Å². The number of carbonyl (C=O) groups excluding carboxylic acids is 1. The third-order valence-electron chi connectivity index (χ3n) is 4.94. The Hall–Kier alpha value is -2.10. The van der Waals surface area contributed by atoms with Gasteiger partial charge < -0.3 is 9.80 Å². The maximum absolute atomic E-state index is 12.5. The van der Waals surface area contributed by atoms with Crippen molar-refractivity contribution in [3.8, 4) is 0 Å². The summed E-state index contributed by atoms with van der Waals surface area (Å²) >= 11 is 0. The second-order valence-electron chi connectivity index (χ2n) is 7.73. The molecule has 4 nitrogen and oxygen atoms in total. The van der Waals surface area contributed by atoms with Crippen LogP contribution in [0, 0.1) is 5.41 Å². The minimum Gasteiger partial charge on any atom is -0.371 e. The van der Waals surface area contributed by atoms with Gasteiger partial charge in [0.05, 0.1) is 5.52 Å². The van der Waals surface area contributed by atoms with Gasteiger partial charge in [0.1, 0.15) is 0 Å². The molecule has 4 heteroatoms. The molecular weight excluding hydrogens is 298 g/mol. The molecule has 128 valence electrons. The molecule has 0 unspecified atom stereocenters. The molecule has 0 N–H and O–H groups in total. The molecule has 0 aliphatic carbocycles. The Morgan fingerprint density at radius 3 is 2.50 bits per heavy atom. The Labute approximate surface area is 144 Å². The third kappa shape index (κ3) is 3.23. The summed E-state index contributed by atoms with van der Waals surface area (Å²) in [6, 6.07) is 10.7. The number of hydrogen-bond acceptors (Lipinski definition) is 3. The van der Waals surface area contributed by atoms with Crippen LogP contribution >= 0.6 is 0 Å². The molecule has 1 aromatic heterocycles. The lowest BCUT2D eigenvalue weighted by Crippen LogP contribution is -2.48. The van der Waals surface area contributed by atoms with Gasteiger partial charge in [-0.1, -0.05) is 39.0 Å². The minimum absolute atomic E-state index is 0.232. The highest BCUT2D eigenvalue weighted by atomic mass is 16.2. The van der Waals surface area contributed by atoms with Gasteiger partial charge in [0.25, 0.3) is 0 Å². The number of benzene rings is 1. The van der Waals surface area contributed by atoms with Crippen LogP contribution in [-0.4, -0.2) is 42.0 Å². The number of aromatic nitrogens is 1. The van der Waals surface area contributed by atoms with Crippen LogP contribution in [0.3, 0.4) is 0 Å². The lowest BCUT2D eigenvalue weighted by Gasteiger charge is -2.40. The standard InChI is InChI=1S/C20H27N3O/c1-20(2,3)19(24)22(4)15-10-13-23(14-11-15)18-9-12-21-17-8-6-5-7-16(17)18/h5-9,12,15H,10-11,13-14H2,1-4H3. The summed E-state index contributed by atoms with van der Waals surface area (Å²) < 4.78 is 0. The fraction of sp³-hybridized carbons (Fsp3) is 0.500. The zero-order valence-corrected chi connectivity index (χ0v) is 15.1. The summed E-state index contributed by atoms with van der Waals surface area (Å²) in [6.07, 6.45) is 3.91. The van der Waals surface area contributed by atoms with Gasteiger partial charge in [0.15, 0.2) is 0 Å². The monoisotopic (exact) mass is 325 g/mol. The Morgan fingerprint density at radius 1 is 1.17 bits per heavy atom. The maximum atomic E-state index is 12.5. The fourth-order valence-electron chi connectivity index (χ4n) is 3.55. The van der Waals surface area contributed by atoms with E-state index in [1.165, 1.54) is 11.1 Å². The van der Waals surface area contributed by atoms with Gasteiger partial charge in [-0.2, -0.15) is 0 Å². The molecule has 1 saturated heterocycles. The summed E-state index contributed by atoms with van der Waals surface area (Å²) in [5, 5.41) is 1.21. The molecule has 1 aliphatic heterocycles. The van der Waals surface area contributed by atoms with E-state index < -0.39 is 0 Å². The van der Waals surface area contributed by atoms with Crippen molar-refractivity contribution in [3.63, 3.8) is 0 Å². The second-order valence-corrected chi connectivity index (χ2v) is 7.73. The third-order valence-corrected chi connectivity index (χ3v) is 4.94. The lowest BCUT2D eigenvalue weighted by atomic mass is 9.92. The smallest absolute Gasteiger partial charge is 0.227 e. The number of fused-ring (bicyclic) bond motifs is 1. The van der Waals surface area contributed by atoms with Crippen LogP contribution in [-0.2, 0) is 4.79 Å². The van der Waals surface area contributed by atoms with Crippen molar-refractivity contribution in [3.05, 3.63) is 36.5 Å². The van der Waals surface area contributed by atoms with E-state index in [2.05, 4.69) is 34.1 Å². The highest BCUT2D eigenvalue weighted by molar-refractivity contribution is 5.91. The number of pyridine rings is 1. The van der Waals surface area contributed by atoms with Crippen LogP contribution in [0.15, 0.2) is 36.5 Å². The number of nitrogens with zero attached hydrogens (tertiary/aromatic N) is 3. The molecule has 1 aliphatic rings. The first-order chi connectivity index (χ1) is 11.4. The summed E-state index contributed by atoms with van der Waals surface area (Å²) in [4.78, 5) is 21.3. The predicted molar refractivity (Wildman–Crippen MR) is 99.2 cm³/mol. The van der Waals surface area contributed by atoms with E-state index in [0.29, 0.717) is 6.04 Å². The molecule has 0 atom stereocenters. The fourth-order valence-corrected chi connectivity index (χ4v) is 3.55. The number of amides is 1. The van der Waals surface area contributed by atoms with Gasteiger partial charge in [-0.3, -0.25) is 9.78 Å². The topological polar surface area (TPSA) is 36.4 Å². The average molecular weight is 325 g/mol.